The Hall–Kier alpha value is -2.53. The highest BCUT2D eigenvalue weighted by Gasteiger charge is 2.28. The summed E-state index contributed by atoms with van der Waals surface area (Å²) in [6.07, 6.45) is 1.13. The van der Waals surface area contributed by atoms with Crippen LogP contribution in [0.25, 0.3) is 0 Å². The number of ketones is 2. The molecule has 0 fully saturated rings. The largest absolute Gasteiger partial charge is 0.289 e. The average Bonchev–Trinajstić information content (AvgIpc) is 2.53. The molecule has 0 aliphatic heterocycles. The Morgan fingerprint density at radius 1 is 0.773 bits per heavy atom. The van der Waals surface area contributed by atoms with Crippen LogP contribution in [0.4, 0.5) is 0 Å². The van der Waals surface area contributed by atoms with Gasteiger partial charge in [0.1, 0.15) is 0 Å². The maximum atomic E-state index is 12.4. The third-order valence-electron chi connectivity index (χ3n) is 3.48. The minimum absolute atomic E-state index is 0.00699. The minimum Gasteiger partial charge on any atom is -0.289 e. The molecule has 1 aliphatic carbocycles. The quantitative estimate of drug-likeness (QED) is 0.873. The zero-order valence-corrected chi connectivity index (χ0v) is 12.3. The molecule has 0 bridgehead atoms. The van der Waals surface area contributed by atoms with Gasteiger partial charge in [-0.25, -0.2) is 8.42 Å². The van der Waals surface area contributed by atoms with E-state index in [-0.39, 0.29) is 21.8 Å². The second-order valence-corrected chi connectivity index (χ2v) is 6.97. The Morgan fingerprint density at radius 3 is 2.05 bits per heavy atom. The Bertz CT molecular complexity index is 893. The zero-order valence-electron chi connectivity index (χ0n) is 11.5. The Kier molecular flexibility index (Phi) is 3.50. The van der Waals surface area contributed by atoms with E-state index in [0.717, 1.165) is 6.08 Å². The van der Waals surface area contributed by atoms with E-state index < -0.39 is 21.4 Å². The number of carbonyl (C=O) groups is 2. The van der Waals surface area contributed by atoms with E-state index in [1.165, 1.54) is 18.2 Å². The SMILES string of the molecule is O=C1C=C(CS(=O)(=O)c2ccccc2)C(=O)c2ccccc21. The first-order chi connectivity index (χ1) is 10.5. The molecule has 4 nitrogen and oxygen atoms in total. The van der Waals surface area contributed by atoms with Crippen LogP contribution in [-0.4, -0.2) is 25.7 Å². The fourth-order valence-electron chi connectivity index (χ4n) is 2.39. The summed E-state index contributed by atoms with van der Waals surface area (Å²) in [5.74, 6) is -1.22. The van der Waals surface area contributed by atoms with Gasteiger partial charge >= 0.3 is 0 Å². The van der Waals surface area contributed by atoms with Crippen molar-refractivity contribution in [3.63, 3.8) is 0 Å². The molecule has 5 heteroatoms. The predicted molar refractivity (Wildman–Crippen MR) is 81.7 cm³/mol. The molecule has 110 valence electrons. The molecule has 0 radical (unpaired) electrons. The molecule has 22 heavy (non-hydrogen) atoms. The third-order valence-corrected chi connectivity index (χ3v) is 5.16. The summed E-state index contributed by atoms with van der Waals surface area (Å²) in [5.41, 5.74) is 0.578. The van der Waals surface area contributed by atoms with Crippen molar-refractivity contribution >= 4 is 21.4 Å². The van der Waals surface area contributed by atoms with Gasteiger partial charge in [0.25, 0.3) is 0 Å². The van der Waals surface area contributed by atoms with Gasteiger partial charge in [0, 0.05) is 16.7 Å². The average molecular weight is 312 g/mol. The lowest BCUT2D eigenvalue weighted by Crippen LogP contribution is -2.22. The Morgan fingerprint density at radius 2 is 1.36 bits per heavy atom. The van der Waals surface area contributed by atoms with Crippen molar-refractivity contribution in [2.75, 3.05) is 5.75 Å². The van der Waals surface area contributed by atoms with Crippen LogP contribution >= 0.6 is 0 Å². The molecule has 0 spiro atoms. The number of benzene rings is 2. The first-order valence-electron chi connectivity index (χ1n) is 6.65. The summed E-state index contributed by atoms with van der Waals surface area (Å²) in [5, 5.41) is 0. The summed E-state index contributed by atoms with van der Waals surface area (Å²) in [6, 6.07) is 14.3. The Balaban J connectivity index is 1.98. The number of hydrogen-bond acceptors (Lipinski definition) is 4. The molecule has 0 aromatic heterocycles. The first kappa shape index (κ1) is 14.4. The fraction of sp³-hybridized carbons (Fsp3) is 0.0588. The Labute approximate surface area is 128 Å². The lowest BCUT2D eigenvalue weighted by atomic mass is 9.90. The van der Waals surface area contributed by atoms with Gasteiger partial charge in [-0.2, -0.15) is 0 Å². The topological polar surface area (TPSA) is 68.3 Å². The molecule has 0 saturated carbocycles. The van der Waals surface area contributed by atoms with Crippen LogP contribution in [0.15, 0.2) is 71.1 Å². The van der Waals surface area contributed by atoms with Crippen molar-refractivity contribution < 1.29 is 18.0 Å². The summed E-state index contributed by atoms with van der Waals surface area (Å²) in [6.45, 7) is 0. The molecule has 0 N–H and O–H groups in total. The second-order valence-electron chi connectivity index (χ2n) is 4.98. The molecule has 3 rings (SSSR count). The predicted octanol–water partition coefficient (Wildman–Crippen LogP) is 2.47. The number of fused-ring (bicyclic) bond motifs is 1. The molecular formula is C17H12O4S. The summed E-state index contributed by atoms with van der Waals surface area (Å²) < 4.78 is 24.7. The highest BCUT2D eigenvalue weighted by molar-refractivity contribution is 7.91. The van der Waals surface area contributed by atoms with Crippen LogP contribution < -0.4 is 0 Å². The monoisotopic (exact) mass is 312 g/mol. The number of sulfone groups is 1. The van der Waals surface area contributed by atoms with Gasteiger partial charge < -0.3 is 0 Å². The minimum atomic E-state index is -3.66. The highest BCUT2D eigenvalue weighted by Crippen LogP contribution is 2.23. The van der Waals surface area contributed by atoms with Crippen LogP contribution in [0.2, 0.25) is 0 Å². The maximum absolute atomic E-state index is 12.4. The molecule has 2 aromatic carbocycles. The van der Waals surface area contributed by atoms with Gasteiger partial charge in [-0.1, -0.05) is 42.5 Å². The molecule has 0 saturated heterocycles. The standard InChI is InChI=1S/C17H12O4S/c18-16-10-12(17(19)15-9-5-4-8-14(15)16)11-22(20,21)13-6-2-1-3-7-13/h1-10H,11H2. The zero-order chi connectivity index (χ0) is 15.7. The van der Waals surface area contributed by atoms with E-state index in [1.54, 1.807) is 36.4 Å². The van der Waals surface area contributed by atoms with Gasteiger partial charge in [-0.15, -0.1) is 0 Å². The van der Waals surface area contributed by atoms with Gasteiger partial charge in [-0.05, 0) is 18.2 Å². The van der Waals surface area contributed by atoms with E-state index in [2.05, 4.69) is 0 Å². The van der Waals surface area contributed by atoms with Crippen LogP contribution in [0.3, 0.4) is 0 Å². The van der Waals surface area contributed by atoms with E-state index in [0.29, 0.717) is 5.56 Å². The van der Waals surface area contributed by atoms with Crippen LogP contribution in [0.5, 0.6) is 0 Å². The number of hydrogen-bond donors (Lipinski definition) is 0. The van der Waals surface area contributed by atoms with E-state index >= 15 is 0 Å². The van der Waals surface area contributed by atoms with Gasteiger partial charge in [-0.3, -0.25) is 9.59 Å². The van der Waals surface area contributed by atoms with Crippen molar-refractivity contribution in [1.29, 1.82) is 0 Å². The normalized spacial score (nSPS) is 14.5. The van der Waals surface area contributed by atoms with E-state index in [4.69, 9.17) is 0 Å². The van der Waals surface area contributed by atoms with Crippen molar-refractivity contribution in [1.82, 2.24) is 0 Å². The lowest BCUT2D eigenvalue weighted by Gasteiger charge is -2.15. The molecule has 0 unspecified atom stereocenters. The number of rotatable bonds is 3. The van der Waals surface area contributed by atoms with Gasteiger partial charge in [0.05, 0.1) is 10.6 Å². The van der Waals surface area contributed by atoms with Gasteiger partial charge in [0.15, 0.2) is 21.4 Å². The van der Waals surface area contributed by atoms with Crippen molar-refractivity contribution in [3.05, 3.63) is 77.4 Å². The van der Waals surface area contributed by atoms with Crippen molar-refractivity contribution in [3.8, 4) is 0 Å². The number of allylic oxidation sites excluding steroid dienone is 1. The van der Waals surface area contributed by atoms with Crippen molar-refractivity contribution in [2.45, 2.75) is 4.90 Å². The molecule has 1 aliphatic rings. The maximum Gasteiger partial charge on any atom is 0.190 e. The molecule has 0 heterocycles. The summed E-state index contributed by atoms with van der Waals surface area (Å²) >= 11 is 0. The van der Waals surface area contributed by atoms with Crippen LogP contribution in [-0.2, 0) is 9.84 Å². The lowest BCUT2D eigenvalue weighted by molar-refractivity contribution is 0.0985. The number of Topliss-reactive ketones (excluding diaryl/α,β-unsaturated/α-hetero) is 1. The molecule has 0 amide bonds. The van der Waals surface area contributed by atoms with Crippen LogP contribution in [0.1, 0.15) is 20.7 Å². The van der Waals surface area contributed by atoms with Crippen molar-refractivity contribution in [2.24, 2.45) is 0 Å². The number of carbonyl (C=O) groups excluding carboxylic acids is 2. The smallest absolute Gasteiger partial charge is 0.190 e. The third kappa shape index (κ3) is 2.51. The van der Waals surface area contributed by atoms with E-state index in [1.807, 2.05) is 0 Å². The molecular weight excluding hydrogens is 300 g/mol. The van der Waals surface area contributed by atoms with Gasteiger partial charge in [0.2, 0.25) is 0 Å². The molecule has 0 atom stereocenters. The fourth-order valence-corrected chi connectivity index (χ4v) is 3.76. The summed E-state index contributed by atoms with van der Waals surface area (Å²) in [7, 11) is -3.66. The second kappa shape index (κ2) is 5.35. The van der Waals surface area contributed by atoms with E-state index in [9.17, 15) is 18.0 Å². The molecule has 2 aromatic rings. The van der Waals surface area contributed by atoms with Crippen LogP contribution in [0, 0.1) is 0 Å². The summed E-state index contributed by atoms with van der Waals surface area (Å²) in [4.78, 5) is 24.6. The highest BCUT2D eigenvalue weighted by atomic mass is 32.2. The first-order valence-corrected chi connectivity index (χ1v) is 8.31.